The van der Waals surface area contributed by atoms with E-state index in [2.05, 4.69) is 33.9 Å². The minimum atomic E-state index is -2.00. The van der Waals surface area contributed by atoms with Crippen molar-refractivity contribution in [3.05, 3.63) is 27.7 Å². The number of hydrogen-bond donors (Lipinski definition) is 1. The number of anilines is 1. The summed E-state index contributed by atoms with van der Waals surface area (Å²) in [5.41, 5.74) is 6.54. The topological polar surface area (TPSA) is 80.0 Å². The minimum Gasteiger partial charge on any atom is -0.414 e. The maximum Gasteiger partial charge on any atom is 0.196 e. The molecule has 0 bridgehead atoms. The van der Waals surface area contributed by atoms with Gasteiger partial charge in [0.25, 0.3) is 0 Å². The van der Waals surface area contributed by atoms with E-state index in [4.69, 9.17) is 47.6 Å². The molecule has 9 heteroatoms. The normalized spacial score (nSPS) is 28.6. The number of Topliss-reactive ketones (excluding diaryl/α,β-unsaturated/α-hetero) is 1. The van der Waals surface area contributed by atoms with Crippen molar-refractivity contribution in [1.82, 2.24) is 0 Å². The van der Waals surface area contributed by atoms with Crippen LogP contribution in [0.4, 0.5) is 5.69 Å². The summed E-state index contributed by atoms with van der Waals surface area (Å²) in [6.07, 6.45) is -2.27. The second-order valence-corrected chi connectivity index (χ2v) is 15.6. The molecule has 0 aromatic heterocycles. The van der Waals surface area contributed by atoms with Crippen LogP contribution < -0.4 is 5.73 Å². The molecule has 0 amide bonds. The van der Waals surface area contributed by atoms with E-state index >= 15 is 0 Å². The number of fused-ring (bicyclic) bond motifs is 1. The van der Waals surface area contributed by atoms with Crippen molar-refractivity contribution in [2.24, 2.45) is 0 Å². The Morgan fingerprint density at radius 2 is 1.73 bits per heavy atom. The van der Waals surface area contributed by atoms with Crippen LogP contribution in [0.2, 0.25) is 28.2 Å². The monoisotopic (exact) mass is 475 g/mol. The first kappa shape index (κ1) is 24.0. The van der Waals surface area contributed by atoms with Gasteiger partial charge in [0.2, 0.25) is 0 Å². The summed E-state index contributed by atoms with van der Waals surface area (Å²) in [5.74, 6) is -1.13. The van der Waals surface area contributed by atoms with Crippen LogP contribution in [-0.2, 0) is 18.6 Å². The first-order chi connectivity index (χ1) is 13.6. The van der Waals surface area contributed by atoms with Crippen molar-refractivity contribution in [2.75, 3.05) is 12.3 Å². The number of hydrogen-bond acceptors (Lipinski definition) is 6. The number of halogens is 2. The van der Waals surface area contributed by atoms with Gasteiger partial charge in [-0.25, -0.2) is 0 Å². The largest absolute Gasteiger partial charge is 0.414 e. The summed E-state index contributed by atoms with van der Waals surface area (Å²) in [4.78, 5) is 13.3. The highest BCUT2D eigenvalue weighted by atomic mass is 35.5. The highest BCUT2D eigenvalue weighted by Gasteiger charge is 2.57. The molecule has 0 unspecified atom stereocenters. The van der Waals surface area contributed by atoms with Gasteiger partial charge in [0.1, 0.15) is 24.4 Å². The third-order valence-corrected chi connectivity index (χ3v) is 11.4. The second-order valence-electron chi connectivity index (χ2n) is 9.95. The van der Waals surface area contributed by atoms with E-state index in [0.29, 0.717) is 6.61 Å². The van der Waals surface area contributed by atoms with E-state index < -0.39 is 38.5 Å². The average molecular weight is 476 g/mol. The zero-order valence-electron chi connectivity index (χ0n) is 18.5. The fraction of sp³-hybridized carbons (Fsp3) is 0.667. The molecule has 4 atom stereocenters. The summed E-state index contributed by atoms with van der Waals surface area (Å²) < 4.78 is 24.6. The number of nitrogens with two attached hydrogens (primary N) is 1. The molecule has 2 heterocycles. The van der Waals surface area contributed by atoms with E-state index in [1.165, 1.54) is 12.1 Å². The molecule has 2 fully saturated rings. The number of carbonyl (C=O) groups excluding carboxylic acids is 1. The number of rotatable bonds is 5. The third kappa shape index (κ3) is 4.58. The number of ether oxygens (including phenoxy) is 3. The van der Waals surface area contributed by atoms with Crippen molar-refractivity contribution in [2.45, 2.75) is 83.0 Å². The van der Waals surface area contributed by atoms with Crippen molar-refractivity contribution in [1.29, 1.82) is 0 Å². The first-order valence-corrected chi connectivity index (χ1v) is 13.7. The Labute approximate surface area is 189 Å². The van der Waals surface area contributed by atoms with Crippen molar-refractivity contribution >= 4 is 43.0 Å². The lowest BCUT2D eigenvalue weighted by atomic mass is 9.99. The minimum absolute atomic E-state index is 0.0566. The molecular formula is C21H31Cl2NO5Si. The standard InChI is InChI=1S/C21H31Cl2NO5Si/c1-20(2,3)30(6,7)26-10-15-17-19(29-21(4,5)28-17)18(27-15)16(25)11-8-12(22)13(23)9-14(11)24/h8-9,15,17-19H,10,24H2,1-7H3/t15-,17-,18-,19-/m1/s1. The third-order valence-electron chi connectivity index (χ3n) is 6.18. The molecule has 2 saturated heterocycles. The van der Waals surface area contributed by atoms with Crippen LogP contribution in [0.3, 0.4) is 0 Å². The van der Waals surface area contributed by atoms with E-state index in [9.17, 15) is 4.79 Å². The summed E-state index contributed by atoms with van der Waals surface area (Å²) in [6, 6.07) is 2.94. The Balaban J connectivity index is 1.84. The lowest BCUT2D eigenvalue weighted by Crippen LogP contribution is -2.44. The molecule has 30 heavy (non-hydrogen) atoms. The molecular weight excluding hydrogens is 445 g/mol. The zero-order valence-corrected chi connectivity index (χ0v) is 21.1. The van der Waals surface area contributed by atoms with Crippen LogP contribution in [0.15, 0.2) is 12.1 Å². The van der Waals surface area contributed by atoms with Crippen LogP contribution in [0.25, 0.3) is 0 Å². The van der Waals surface area contributed by atoms with Crippen molar-refractivity contribution < 1.29 is 23.4 Å². The predicted molar refractivity (Wildman–Crippen MR) is 121 cm³/mol. The van der Waals surface area contributed by atoms with Gasteiger partial charge in [-0.2, -0.15) is 0 Å². The molecule has 1 aromatic rings. The van der Waals surface area contributed by atoms with Gasteiger partial charge in [0.05, 0.1) is 16.7 Å². The Bertz CT molecular complexity index is 839. The SMILES string of the molecule is CC1(C)O[C@@H]2[C@H](O1)[C@@H](CO[Si](C)(C)C(C)(C)C)O[C@@H]2C(=O)c1cc(Cl)c(Cl)cc1N. The number of nitrogen functional groups attached to an aromatic ring is 1. The van der Waals surface area contributed by atoms with Crippen LogP contribution in [0.1, 0.15) is 45.0 Å². The molecule has 6 nitrogen and oxygen atoms in total. The molecule has 2 N–H and O–H groups in total. The van der Waals surface area contributed by atoms with Crippen LogP contribution in [0, 0.1) is 0 Å². The number of carbonyl (C=O) groups is 1. The molecule has 0 radical (unpaired) electrons. The predicted octanol–water partition coefficient (Wildman–Crippen LogP) is 5.07. The molecule has 0 spiro atoms. The van der Waals surface area contributed by atoms with Crippen LogP contribution in [0.5, 0.6) is 0 Å². The summed E-state index contributed by atoms with van der Waals surface area (Å²) >= 11 is 12.1. The summed E-state index contributed by atoms with van der Waals surface area (Å²) in [7, 11) is -2.00. The van der Waals surface area contributed by atoms with Gasteiger partial charge in [0.15, 0.2) is 19.9 Å². The molecule has 0 aliphatic carbocycles. The van der Waals surface area contributed by atoms with E-state index in [1.54, 1.807) is 0 Å². The highest BCUT2D eigenvalue weighted by molar-refractivity contribution is 6.74. The molecule has 3 rings (SSSR count). The Morgan fingerprint density at radius 1 is 1.17 bits per heavy atom. The van der Waals surface area contributed by atoms with Gasteiger partial charge >= 0.3 is 0 Å². The van der Waals surface area contributed by atoms with E-state index in [-0.39, 0.29) is 32.1 Å². The Morgan fingerprint density at radius 3 is 2.33 bits per heavy atom. The fourth-order valence-electron chi connectivity index (χ4n) is 3.46. The molecule has 1 aromatic carbocycles. The number of benzene rings is 1. The van der Waals surface area contributed by atoms with Gasteiger partial charge in [-0.15, -0.1) is 0 Å². The summed E-state index contributed by atoms with van der Waals surface area (Å²) in [6.45, 7) is 14.9. The van der Waals surface area contributed by atoms with Gasteiger partial charge < -0.3 is 24.4 Å². The average Bonchev–Trinajstić information content (AvgIpc) is 3.08. The smallest absolute Gasteiger partial charge is 0.196 e. The summed E-state index contributed by atoms with van der Waals surface area (Å²) in [5, 5.41) is 0.602. The van der Waals surface area contributed by atoms with Crippen LogP contribution in [-0.4, -0.2) is 50.9 Å². The number of ketones is 1. The zero-order chi connectivity index (χ0) is 22.6. The van der Waals surface area contributed by atoms with E-state index in [0.717, 1.165) is 0 Å². The quantitative estimate of drug-likeness (QED) is 0.363. The maximum absolute atomic E-state index is 13.3. The molecule has 2 aliphatic rings. The highest BCUT2D eigenvalue weighted by Crippen LogP contribution is 2.42. The maximum atomic E-state index is 13.3. The molecule has 2 aliphatic heterocycles. The molecule has 168 valence electrons. The van der Waals surface area contributed by atoms with Gasteiger partial charge in [-0.05, 0) is 44.1 Å². The molecule has 0 saturated carbocycles. The first-order valence-electron chi connectivity index (χ1n) is 10.1. The van der Waals surface area contributed by atoms with Crippen molar-refractivity contribution in [3.63, 3.8) is 0 Å². The fourth-order valence-corrected chi connectivity index (χ4v) is 4.81. The Hall–Kier alpha value is -0.673. The van der Waals surface area contributed by atoms with Gasteiger partial charge in [0, 0.05) is 11.3 Å². The van der Waals surface area contributed by atoms with Crippen molar-refractivity contribution in [3.8, 4) is 0 Å². The second kappa shape index (κ2) is 8.03. The lowest BCUT2D eigenvalue weighted by molar-refractivity contribution is -0.184. The van der Waals surface area contributed by atoms with Crippen LogP contribution >= 0.6 is 23.2 Å². The van der Waals surface area contributed by atoms with E-state index in [1.807, 2.05) is 13.8 Å². The van der Waals surface area contributed by atoms with Gasteiger partial charge in [-0.3, -0.25) is 4.79 Å². The Kier molecular flexibility index (Phi) is 6.42. The lowest BCUT2D eigenvalue weighted by Gasteiger charge is -2.37. The van der Waals surface area contributed by atoms with Gasteiger partial charge in [-0.1, -0.05) is 44.0 Å².